The van der Waals surface area contributed by atoms with Crippen molar-refractivity contribution in [3.63, 3.8) is 0 Å². The molecule has 0 saturated carbocycles. The molecule has 2 rings (SSSR count). The minimum atomic E-state index is -0.983. The molecule has 0 unspecified atom stereocenters. The molecule has 2 aromatic rings. The van der Waals surface area contributed by atoms with Crippen molar-refractivity contribution in [1.29, 1.82) is 5.26 Å². The molecule has 1 N–H and O–H groups in total. The molecular weight excluding hydrogens is 242 g/mol. The van der Waals surface area contributed by atoms with E-state index in [1.807, 2.05) is 30.3 Å². The van der Waals surface area contributed by atoms with Crippen molar-refractivity contribution in [3.05, 3.63) is 59.4 Å². The van der Waals surface area contributed by atoms with E-state index in [1.165, 1.54) is 18.5 Å². The molecular formula is C14H11N3O2. The number of rotatable bonds is 4. The summed E-state index contributed by atoms with van der Waals surface area (Å²) >= 11 is 0. The van der Waals surface area contributed by atoms with Crippen LogP contribution in [0.4, 0.5) is 0 Å². The van der Waals surface area contributed by atoms with Crippen molar-refractivity contribution in [3.8, 4) is 6.07 Å². The SMILES string of the molecule is N#C/C=C/c1ccc(Cn2cc(C(=O)O)cn2)cc1. The number of benzene rings is 1. The van der Waals surface area contributed by atoms with E-state index in [4.69, 9.17) is 10.4 Å². The average molecular weight is 253 g/mol. The van der Waals surface area contributed by atoms with Crippen LogP contribution in [0, 0.1) is 11.3 Å². The predicted octanol–water partition coefficient (Wildman–Crippen LogP) is 2.17. The van der Waals surface area contributed by atoms with E-state index in [0.29, 0.717) is 6.54 Å². The third kappa shape index (κ3) is 3.30. The number of hydrogen-bond donors (Lipinski definition) is 1. The zero-order chi connectivity index (χ0) is 13.7. The number of carboxylic acid groups (broad SMARTS) is 1. The molecule has 0 saturated heterocycles. The number of hydrogen-bond acceptors (Lipinski definition) is 3. The maximum Gasteiger partial charge on any atom is 0.338 e. The van der Waals surface area contributed by atoms with Gasteiger partial charge in [-0.2, -0.15) is 10.4 Å². The van der Waals surface area contributed by atoms with E-state index in [9.17, 15) is 4.79 Å². The smallest absolute Gasteiger partial charge is 0.338 e. The predicted molar refractivity (Wildman–Crippen MR) is 69.4 cm³/mol. The summed E-state index contributed by atoms with van der Waals surface area (Å²) in [5.41, 5.74) is 2.12. The van der Waals surface area contributed by atoms with E-state index in [0.717, 1.165) is 11.1 Å². The Morgan fingerprint density at radius 3 is 2.74 bits per heavy atom. The van der Waals surface area contributed by atoms with Gasteiger partial charge in [0.1, 0.15) is 0 Å². The fourth-order valence-electron chi connectivity index (χ4n) is 1.62. The molecule has 0 atom stereocenters. The second-order valence-electron chi connectivity index (χ2n) is 3.94. The van der Waals surface area contributed by atoms with Crippen molar-refractivity contribution < 1.29 is 9.90 Å². The maximum absolute atomic E-state index is 10.7. The third-order valence-electron chi connectivity index (χ3n) is 2.55. The summed E-state index contributed by atoms with van der Waals surface area (Å²) in [4.78, 5) is 10.7. The Morgan fingerprint density at radius 1 is 1.42 bits per heavy atom. The first kappa shape index (κ1) is 12.6. The quantitative estimate of drug-likeness (QED) is 0.847. The van der Waals surface area contributed by atoms with E-state index in [2.05, 4.69) is 5.10 Å². The van der Waals surface area contributed by atoms with Crippen molar-refractivity contribution in [1.82, 2.24) is 9.78 Å². The van der Waals surface area contributed by atoms with Crippen molar-refractivity contribution >= 4 is 12.0 Å². The van der Waals surface area contributed by atoms with Crippen molar-refractivity contribution in [2.75, 3.05) is 0 Å². The lowest BCUT2D eigenvalue weighted by Gasteiger charge is -2.02. The largest absolute Gasteiger partial charge is 0.478 e. The molecule has 0 aliphatic rings. The highest BCUT2D eigenvalue weighted by molar-refractivity contribution is 5.86. The molecule has 19 heavy (non-hydrogen) atoms. The zero-order valence-electron chi connectivity index (χ0n) is 10.0. The Labute approximate surface area is 110 Å². The minimum Gasteiger partial charge on any atom is -0.478 e. The molecule has 1 heterocycles. The summed E-state index contributed by atoms with van der Waals surface area (Å²) in [5, 5.41) is 21.2. The molecule has 5 heteroatoms. The molecule has 94 valence electrons. The number of nitrogens with zero attached hydrogens (tertiary/aromatic N) is 3. The molecule has 0 bridgehead atoms. The number of nitriles is 1. The first-order valence-corrected chi connectivity index (χ1v) is 5.60. The Morgan fingerprint density at radius 2 is 2.16 bits per heavy atom. The van der Waals surface area contributed by atoms with Gasteiger partial charge in [-0.1, -0.05) is 24.3 Å². The van der Waals surface area contributed by atoms with Gasteiger partial charge in [-0.25, -0.2) is 4.79 Å². The molecule has 1 aromatic heterocycles. The fraction of sp³-hybridized carbons (Fsp3) is 0.0714. The lowest BCUT2D eigenvalue weighted by atomic mass is 10.1. The van der Waals surface area contributed by atoms with Crippen molar-refractivity contribution in [2.45, 2.75) is 6.54 Å². The summed E-state index contributed by atoms with van der Waals surface area (Å²) in [5.74, 6) is -0.983. The van der Waals surface area contributed by atoms with Gasteiger partial charge in [-0.3, -0.25) is 4.68 Å². The molecule has 0 spiro atoms. The van der Waals surface area contributed by atoms with E-state index in [1.54, 1.807) is 10.8 Å². The Bertz CT molecular complexity index is 648. The van der Waals surface area contributed by atoms with E-state index in [-0.39, 0.29) is 5.56 Å². The van der Waals surface area contributed by atoms with Crippen LogP contribution in [0.3, 0.4) is 0 Å². The number of aromatic nitrogens is 2. The van der Waals surface area contributed by atoms with Crippen molar-refractivity contribution in [2.24, 2.45) is 0 Å². The summed E-state index contributed by atoms with van der Waals surface area (Å²) in [6.45, 7) is 0.509. The number of aromatic carboxylic acids is 1. The molecule has 0 amide bonds. The molecule has 5 nitrogen and oxygen atoms in total. The van der Waals surface area contributed by atoms with Crippen LogP contribution in [0.2, 0.25) is 0 Å². The van der Waals surface area contributed by atoms with Crippen LogP contribution in [0.15, 0.2) is 42.7 Å². The second kappa shape index (κ2) is 5.65. The van der Waals surface area contributed by atoms with Gasteiger partial charge in [0, 0.05) is 12.3 Å². The van der Waals surface area contributed by atoms with Gasteiger partial charge in [-0.05, 0) is 17.2 Å². The lowest BCUT2D eigenvalue weighted by molar-refractivity contribution is 0.0697. The van der Waals surface area contributed by atoms with Crippen LogP contribution in [-0.2, 0) is 6.54 Å². The minimum absolute atomic E-state index is 0.175. The number of carbonyl (C=O) groups is 1. The van der Waals surface area contributed by atoms with Gasteiger partial charge in [0.2, 0.25) is 0 Å². The Kier molecular flexibility index (Phi) is 3.74. The van der Waals surface area contributed by atoms with Crippen LogP contribution in [0.25, 0.3) is 6.08 Å². The molecule has 1 aromatic carbocycles. The highest BCUT2D eigenvalue weighted by Crippen LogP contribution is 2.08. The monoisotopic (exact) mass is 253 g/mol. The molecule has 0 aliphatic carbocycles. The normalized spacial score (nSPS) is 10.5. The van der Waals surface area contributed by atoms with Crippen LogP contribution in [0.1, 0.15) is 21.5 Å². The lowest BCUT2D eigenvalue weighted by Crippen LogP contribution is -2.00. The third-order valence-corrected chi connectivity index (χ3v) is 2.55. The van der Waals surface area contributed by atoms with Crippen LogP contribution in [-0.4, -0.2) is 20.9 Å². The van der Waals surface area contributed by atoms with Crippen LogP contribution < -0.4 is 0 Å². The summed E-state index contributed by atoms with van der Waals surface area (Å²) < 4.78 is 1.57. The number of allylic oxidation sites excluding steroid dienone is 1. The highest BCUT2D eigenvalue weighted by Gasteiger charge is 2.05. The van der Waals surface area contributed by atoms with Gasteiger partial charge in [-0.15, -0.1) is 0 Å². The summed E-state index contributed by atoms with van der Waals surface area (Å²) in [6, 6.07) is 9.55. The first-order valence-electron chi connectivity index (χ1n) is 5.60. The fourth-order valence-corrected chi connectivity index (χ4v) is 1.62. The van der Waals surface area contributed by atoms with Crippen LogP contribution >= 0.6 is 0 Å². The Balaban J connectivity index is 2.08. The Hall–Kier alpha value is -2.87. The van der Waals surface area contributed by atoms with E-state index < -0.39 is 5.97 Å². The molecule has 0 aliphatic heterocycles. The average Bonchev–Trinajstić information content (AvgIpc) is 2.87. The highest BCUT2D eigenvalue weighted by atomic mass is 16.4. The second-order valence-corrected chi connectivity index (χ2v) is 3.94. The van der Waals surface area contributed by atoms with Gasteiger partial charge in [0.05, 0.1) is 24.4 Å². The molecule has 0 fully saturated rings. The first-order chi connectivity index (χ1) is 9.19. The summed E-state index contributed by atoms with van der Waals surface area (Å²) in [7, 11) is 0. The van der Waals surface area contributed by atoms with Gasteiger partial charge < -0.3 is 5.11 Å². The summed E-state index contributed by atoms with van der Waals surface area (Å²) in [6.07, 6.45) is 5.96. The number of carboxylic acids is 1. The maximum atomic E-state index is 10.7. The topological polar surface area (TPSA) is 78.9 Å². The zero-order valence-corrected chi connectivity index (χ0v) is 10.0. The van der Waals surface area contributed by atoms with Gasteiger partial charge in [0.15, 0.2) is 0 Å². The van der Waals surface area contributed by atoms with Gasteiger partial charge >= 0.3 is 5.97 Å². The van der Waals surface area contributed by atoms with Crippen LogP contribution in [0.5, 0.6) is 0 Å². The standard InChI is InChI=1S/C14H11N3O2/c15-7-1-2-11-3-5-12(6-4-11)9-17-10-13(8-16-17)14(18)19/h1-6,8,10H,9H2,(H,18,19)/b2-1+. The molecule has 0 radical (unpaired) electrons. The van der Waals surface area contributed by atoms with Gasteiger partial charge in [0.25, 0.3) is 0 Å². The van der Waals surface area contributed by atoms with E-state index >= 15 is 0 Å².